The predicted molar refractivity (Wildman–Crippen MR) is 97.3 cm³/mol. The number of carbonyl (C=O) groups is 1. The van der Waals surface area contributed by atoms with Gasteiger partial charge in [-0.2, -0.15) is 0 Å². The van der Waals surface area contributed by atoms with Crippen LogP contribution in [0, 0.1) is 6.92 Å². The molecule has 1 unspecified atom stereocenters. The first kappa shape index (κ1) is 24.6. The molecule has 0 saturated heterocycles. The minimum absolute atomic E-state index is 0. The number of benzene rings is 1. The van der Waals surface area contributed by atoms with Crippen LogP contribution in [-0.4, -0.2) is 34.1 Å². The van der Waals surface area contributed by atoms with Gasteiger partial charge < -0.3 is 24.7 Å². The normalized spacial score (nSPS) is 14.7. The molecule has 0 aliphatic heterocycles. The summed E-state index contributed by atoms with van der Waals surface area (Å²) < 4.78 is 21.7. The predicted octanol–water partition coefficient (Wildman–Crippen LogP) is 2.69. The number of allylic oxidation sites excluding steroid dienone is 3. The van der Waals surface area contributed by atoms with Crippen molar-refractivity contribution in [3.8, 4) is 17.2 Å². The number of hydrogen-bond acceptors (Lipinski definition) is 7. The van der Waals surface area contributed by atoms with Gasteiger partial charge in [0, 0.05) is 41.0 Å². The minimum atomic E-state index is -0.444. The summed E-state index contributed by atoms with van der Waals surface area (Å²) in [7, 11) is 4.67. The Hall–Kier alpha value is -2.44. The van der Waals surface area contributed by atoms with E-state index in [-0.39, 0.29) is 23.0 Å². The number of hydrogen-bond donors (Lipinski definition) is 1. The van der Waals surface area contributed by atoms with Gasteiger partial charge in [-0.25, -0.2) is 0 Å². The van der Waals surface area contributed by atoms with Crippen LogP contribution in [-0.2, 0) is 31.4 Å². The van der Waals surface area contributed by atoms with Crippen LogP contribution in [0.2, 0.25) is 0 Å². The molecule has 0 spiro atoms. The molecular formula is C19H23FeNO6. The van der Waals surface area contributed by atoms with Gasteiger partial charge in [0.05, 0.1) is 27.0 Å². The largest absolute Gasteiger partial charge is 0.497 e. The molecule has 0 saturated carbocycles. The third-order valence-corrected chi connectivity index (χ3v) is 3.96. The average molecular weight is 417 g/mol. The van der Waals surface area contributed by atoms with Crippen LogP contribution in [0.5, 0.6) is 17.2 Å². The average Bonchev–Trinajstić information content (AvgIpc) is 2.64. The van der Waals surface area contributed by atoms with Crippen molar-refractivity contribution >= 4 is 18.4 Å². The number of rotatable bonds is 5. The molecule has 0 bridgehead atoms. The zero-order valence-corrected chi connectivity index (χ0v) is 17.0. The van der Waals surface area contributed by atoms with Crippen LogP contribution in [0.3, 0.4) is 0 Å². The Bertz CT molecular complexity index is 730. The fraction of sp³-hybridized carbons (Fsp3) is 0.368. The summed E-state index contributed by atoms with van der Waals surface area (Å²) >= 11 is 0. The van der Waals surface area contributed by atoms with E-state index in [1.54, 1.807) is 14.2 Å². The molecule has 27 heavy (non-hydrogen) atoms. The van der Waals surface area contributed by atoms with Crippen LogP contribution in [0.4, 0.5) is 5.69 Å². The Morgan fingerprint density at radius 1 is 1.11 bits per heavy atom. The molecule has 2 N–H and O–H groups in total. The third-order valence-electron chi connectivity index (χ3n) is 3.96. The van der Waals surface area contributed by atoms with Crippen molar-refractivity contribution in [2.75, 3.05) is 27.1 Å². The summed E-state index contributed by atoms with van der Waals surface area (Å²) in [5, 5.41) is 0. The SMILES string of the molecule is COC1=CC(c2c(N)c(OC)c(C)c(OC)c2OC(C)=O)CC=C1.[C]=O.[Fe]. The van der Waals surface area contributed by atoms with Gasteiger partial charge in [-0.3, -0.25) is 9.59 Å². The van der Waals surface area contributed by atoms with E-state index in [1.165, 1.54) is 14.0 Å². The number of nitrogen functional groups attached to an aromatic ring is 1. The zero-order chi connectivity index (χ0) is 19.9. The summed E-state index contributed by atoms with van der Waals surface area (Å²) in [4.78, 5) is 19.1. The Morgan fingerprint density at radius 3 is 2.19 bits per heavy atom. The number of carbonyl (C=O) groups excluding carboxylic acids is 2. The van der Waals surface area contributed by atoms with Gasteiger partial charge in [0.25, 0.3) is 6.79 Å². The summed E-state index contributed by atoms with van der Waals surface area (Å²) in [6.45, 7) is 7.65. The molecule has 0 aromatic heterocycles. The second-order valence-corrected chi connectivity index (χ2v) is 5.46. The molecule has 1 atom stereocenters. The standard InChI is InChI=1S/C18H23NO5.CO.Fe/c1-10-16(22-4)15(19)14(12-7-6-8-13(9-12)21-3)18(17(10)23-5)24-11(2)20;1-2;/h6,8-9,12H,7,19H2,1-5H3;;. The molecule has 2 radical (unpaired) electrons. The smallest absolute Gasteiger partial charge is 0.308 e. The van der Waals surface area contributed by atoms with Gasteiger partial charge >= 0.3 is 5.97 Å². The van der Waals surface area contributed by atoms with Crippen molar-refractivity contribution in [2.24, 2.45) is 0 Å². The Morgan fingerprint density at radius 2 is 1.70 bits per heavy atom. The first-order chi connectivity index (χ1) is 12.4. The van der Waals surface area contributed by atoms with Gasteiger partial charge in [0.2, 0.25) is 0 Å². The summed E-state index contributed by atoms with van der Waals surface area (Å²) in [5.41, 5.74) is 8.11. The van der Waals surface area contributed by atoms with E-state index >= 15 is 0 Å². The van der Waals surface area contributed by atoms with Crippen LogP contribution in [0.25, 0.3) is 0 Å². The Labute approximate surface area is 170 Å². The number of methoxy groups -OCH3 is 3. The topological polar surface area (TPSA) is 97.1 Å². The molecule has 0 fully saturated rings. The maximum absolute atomic E-state index is 11.6. The molecular weight excluding hydrogens is 394 g/mol. The van der Waals surface area contributed by atoms with E-state index in [2.05, 4.69) is 6.79 Å². The first-order valence-corrected chi connectivity index (χ1v) is 7.79. The van der Waals surface area contributed by atoms with Crippen molar-refractivity contribution in [2.45, 2.75) is 26.2 Å². The maximum atomic E-state index is 11.6. The van der Waals surface area contributed by atoms with E-state index in [0.717, 1.165) is 5.76 Å². The molecule has 1 aliphatic rings. The molecule has 0 heterocycles. The number of ether oxygens (including phenoxy) is 4. The molecule has 148 valence electrons. The summed E-state index contributed by atoms with van der Waals surface area (Å²) in [6.07, 6.45) is 6.51. The minimum Gasteiger partial charge on any atom is -0.497 e. The van der Waals surface area contributed by atoms with Crippen LogP contribution in [0.15, 0.2) is 24.0 Å². The van der Waals surface area contributed by atoms with E-state index in [0.29, 0.717) is 40.5 Å². The van der Waals surface area contributed by atoms with Crippen molar-refractivity contribution in [1.82, 2.24) is 0 Å². The maximum Gasteiger partial charge on any atom is 0.308 e. The Kier molecular flexibility index (Phi) is 10.3. The fourth-order valence-electron chi connectivity index (χ4n) is 2.95. The Balaban J connectivity index is 0.00000218. The molecule has 0 amide bonds. The molecule has 1 aliphatic carbocycles. The van der Waals surface area contributed by atoms with E-state index in [9.17, 15) is 4.79 Å². The van der Waals surface area contributed by atoms with Crippen molar-refractivity contribution in [3.63, 3.8) is 0 Å². The molecule has 8 heteroatoms. The molecule has 7 nitrogen and oxygen atoms in total. The number of nitrogens with two attached hydrogens (primary N) is 1. The van der Waals surface area contributed by atoms with Crippen molar-refractivity contribution in [3.05, 3.63) is 35.1 Å². The van der Waals surface area contributed by atoms with Gasteiger partial charge in [0.15, 0.2) is 11.5 Å². The quantitative estimate of drug-likeness (QED) is 0.341. The summed E-state index contributed by atoms with van der Waals surface area (Å²) in [6, 6.07) is 0. The van der Waals surface area contributed by atoms with Crippen molar-refractivity contribution < 1.29 is 45.6 Å². The zero-order valence-electron chi connectivity index (χ0n) is 15.9. The fourth-order valence-corrected chi connectivity index (χ4v) is 2.95. The van der Waals surface area contributed by atoms with Crippen LogP contribution >= 0.6 is 0 Å². The molecule has 2 rings (SSSR count). The van der Waals surface area contributed by atoms with Crippen LogP contribution in [0.1, 0.15) is 30.4 Å². The van der Waals surface area contributed by atoms with Gasteiger partial charge in [-0.1, -0.05) is 6.08 Å². The van der Waals surface area contributed by atoms with Gasteiger partial charge in [0.1, 0.15) is 11.5 Å². The van der Waals surface area contributed by atoms with Gasteiger partial charge in [-0.15, -0.1) is 0 Å². The van der Waals surface area contributed by atoms with E-state index in [4.69, 9.17) is 29.5 Å². The summed E-state index contributed by atoms with van der Waals surface area (Å²) in [5.74, 6) is 1.43. The molecule has 1 aromatic rings. The molecule has 1 aromatic carbocycles. The second-order valence-electron chi connectivity index (χ2n) is 5.46. The monoisotopic (exact) mass is 417 g/mol. The number of esters is 1. The third kappa shape index (κ3) is 5.28. The van der Waals surface area contributed by atoms with Crippen LogP contribution < -0.4 is 19.9 Å². The van der Waals surface area contributed by atoms with Gasteiger partial charge in [-0.05, 0) is 25.5 Å². The number of anilines is 1. The van der Waals surface area contributed by atoms with Crippen molar-refractivity contribution in [1.29, 1.82) is 0 Å². The van der Waals surface area contributed by atoms with E-state index < -0.39 is 5.97 Å². The second kappa shape index (κ2) is 11.3. The van der Waals surface area contributed by atoms with E-state index in [1.807, 2.05) is 25.2 Å². The first-order valence-electron chi connectivity index (χ1n) is 7.79.